The molecule has 0 atom stereocenters. The van der Waals surface area contributed by atoms with Gasteiger partial charge in [0.2, 0.25) is 0 Å². The first-order valence-electron chi connectivity index (χ1n) is 3.64. The summed E-state index contributed by atoms with van der Waals surface area (Å²) in [6, 6.07) is 1.74. The van der Waals surface area contributed by atoms with Crippen molar-refractivity contribution in [1.29, 1.82) is 0 Å². The van der Waals surface area contributed by atoms with Gasteiger partial charge in [0, 0.05) is 18.6 Å². The third-order valence-electron chi connectivity index (χ3n) is 1.98. The van der Waals surface area contributed by atoms with Gasteiger partial charge in [-0.05, 0) is 6.92 Å². The summed E-state index contributed by atoms with van der Waals surface area (Å²) in [6.07, 6.45) is 1.82. The molecule has 1 rings (SSSR count). The van der Waals surface area contributed by atoms with Gasteiger partial charge >= 0.3 is 5.69 Å². The zero-order valence-electron chi connectivity index (χ0n) is 7.37. The van der Waals surface area contributed by atoms with Crippen molar-refractivity contribution < 1.29 is 9.49 Å². The molecule has 0 saturated carbocycles. The van der Waals surface area contributed by atoms with Gasteiger partial charge < -0.3 is 0 Å². The molecule has 0 aliphatic carbocycles. The molecule has 4 nitrogen and oxygen atoms in total. The van der Waals surface area contributed by atoms with Crippen LogP contribution in [0.1, 0.15) is 11.3 Å². The minimum absolute atomic E-state index is 0.208. The van der Waals surface area contributed by atoms with Crippen molar-refractivity contribution in [1.82, 2.24) is 0 Å². The van der Waals surface area contributed by atoms with E-state index in [1.165, 1.54) is 0 Å². The molecule has 12 heavy (non-hydrogen) atoms. The average Bonchev–Trinajstić information content (AvgIpc) is 1.97. The lowest BCUT2D eigenvalue weighted by Gasteiger charge is -1.97. The summed E-state index contributed by atoms with van der Waals surface area (Å²) in [5.41, 5.74) is 1.59. The zero-order chi connectivity index (χ0) is 9.30. The second-order valence-electron chi connectivity index (χ2n) is 2.80. The van der Waals surface area contributed by atoms with Gasteiger partial charge in [0.1, 0.15) is 7.05 Å². The Labute approximate surface area is 70.6 Å². The van der Waals surface area contributed by atoms with Crippen molar-refractivity contribution in [3.63, 3.8) is 0 Å². The summed E-state index contributed by atoms with van der Waals surface area (Å²) in [6.45, 7) is 3.48. The van der Waals surface area contributed by atoms with Gasteiger partial charge in [-0.2, -0.15) is 4.57 Å². The van der Waals surface area contributed by atoms with Gasteiger partial charge in [0.25, 0.3) is 5.69 Å². The maximum atomic E-state index is 10.6. The van der Waals surface area contributed by atoms with E-state index in [4.69, 9.17) is 0 Å². The lowest BCUT2D eigenvalue weighted by atomic mass is 10.2. The molecular weight excluding hydrogens is 156 g/mol. The highest BCUT2D eigenvalue weighted by atomic mass is 16.6. The Morgan fingerprint density at radius 1 is 1.50 bits per heavy atom. The normalized spacial score (nSPS) is 9.92. The van der Waals surface area contributed by atoms with Gasteiger partial charge in [-0.3, -0.25) is 10.1 Å². The predicted molar refractivity (Wildman–Crippen MR) is 43.7 cm³/mol. The number of nitrogens with zero attached hydrogens (tertiary/aromatic N) is 2. The van der Waals surface area contributed by atoms with E-state index in [0.29, 0.717) is 11.3 Å². The number of aromatic nitrogens is 1. The fourth-order valence-corrected chi connectivity index (χ4v) is 1.14. The highest BCUT2D eigenvalue weighted by Gasteiger charge is 2.21. The first kappa shape index (κ1) is 8.64. The highest BCUT2D eigenvalue weighted by molar-refractivity contribution is 5.39. The summed E-state index contributed by atoms with van der Waals surface area (Å²) in [4.78, 5) is 10.2. The van der Waals surface area contributed by atoms with E-state index in [0.717, 1.165) is 0 Å². The van der Waals surface area contributed by atoms with Crippen LogP contribution in [0.25, 0.3) is 0 Å². The molecule has 0 radical (unpaired) electrons. The molecule has 0 unspecified atom stereocenters. The van der Waals surface area contributed by atoms with Crippen LogP contribution in [-0.2, 0) is 7.05 Å². The monoisotopic (exact) mass is 167 g/mol. The smallest absolute Gasteiger partial charge is 0.258 e. The average molecular weight is 167 g/mol. The van der Waals surface area contributed by atoms with Crippen LogP contribution in [0, 0.1) is 24.0 Å². The van der Waals surface area contributed by atoms with E-state index >= 15 is 0 Å². The van der Waals surface area contributed by atoms with Crippen LogP contribution in [0.15, 0.2) is 12.3 Å². The third kappa shape index (κ3) is 1.28. The molecule has 1 heterocycles. The van der Waals surface area contributed by atoms with E-state index in [1.54, 1.807) is 31.5 Å². The Hall–Kier alpha value is -1.45. The molecule has 0 fully saturated rings. The fraction of sp³-hybridized carbons (Fsp3) is 0.375. The van der Waals surface area contributed by atoms with Crippen molar-refractivity contribution in [3.05, 3.63) is 33.6 Å². The maximum absolute atomic E-state index is 10.6. The zero-order valence-corrected chi connectivity index (χ0v) is 7.37. The lowest BCUT2D eigenvalue weighted by Crippen LogP contribution is -2.32. The van der Waals surface area contributed by atoms with Crippen molar-refractivity contribution in [3.8, 4) is 0 Å². The molecule has 4 heteroatoms. The standard InChI is InChI=1S/C8H11N2O2/c1-6-4-5-9(3)7(2)8(6)10(11)12/h4-5H,1-3H3/q+1. The number of rotatable bonds is 1. The van der Waals surface area contributed by atoms with E-state index in [-0.39, 0.29) is 10.6 Å². The Morgan fingerprint density at radius 2 is 2.08 bits per heavy atom. The van der Waals surface area contributed by atoms with E-state index in [9.17, 15) is 10.1 Å². The van der Waals surface area contributed by atoms with Crippen LogP contribution in [0.3, 0.4) is 0 Å². The Morgan fingerprint density at radius 3 is 2.50 bits per heavy atom. The van der Waals surface area contributed by atoms with Crippen LogP contribution in [0.4, 0.5) is 5.69 Å². The van der Waals surface area contributed by atoms with Gasteiger partial charge in [-0.1, -0.05) is 0 Å². The minimum atomic E-state index is -0.343. The molecule has 0 amide bonds. The molecule has 0 aliphatic rings. The van der Waals surface area contributed by atoms with E-state index < -0.39 is 0 Å². The molecule has 0 aromatic carbocycles. The number of hydrogen-bond acceptors (Lipinski definition) is 2. The van der Waals surface area contributed by atoms with Crippen molar-refractivity contribution in [2.75, 3.05) is 0 Å². The third-order valence-corrected chi connectivity index (χ3v) is 1.98. The van der Waals surface area contributed by atoms with Crippen LogP contribution in [0.5, 0.6) is 0 Å². The Bertz CT molecular complexity index is 334. The first-order valence-corrected chi connectivity index (χ1v) is 3.64. The van der Waals surface area contributed by atoms with Gasteiger partial charge in [-0.25, -0.2) is 0 Å². The van der Waals surface area contributed by atoms with Gasteiger partial charge in [0.15, 0.2) is 6.20 Å². The molecule has 1 aromatic heterocycles. The molecule has 0 saturated heterocycles. The quantitative estimate of drug-likeness (QED) is 0.356. The van der Waals surface area contributed by atoms with Crippen LogP contribution >= 0.6 is 0 Å². The highest BCUT2D eigenvalue weighted by Crippen LogP contribution is 2.17. The van der Waals surface area contributed by atoms with E-state index in [1.807, 2.05) is 6.20 Å². The molecular formula is C8H11N2O2+. The van der Waals surface area contributed by atoms with Crippen molar-refractivity contribution in [2.24, 2.45) is 7.05 Å². The molecule has 0 bridgehead atoms. The topological polar surface area (TPSA) is 47.0 Å². The summed E-state index contributed by atoms with van der Waals surface area (Å²) in [5, 5.41) is 10.6. The molecule has 0 N–H and O–H groups in total. The molecule has 0 aliphatic heterocycles. The second kappa shape index (κ2) is 2.89. The van der Waals surface area contributed by atoms with Crippen LogP contribution in [0.2, 0.25) is 0 Å². The number of aryl methyl sites for hydroxylation is 2. The van der Waals surface area contributed by atoms with Crippen molar-refractivity contribution in [2.45, 2.75) is 13.8 Å². The Balaban J connectivity index is 3.43. The van der Waals surface area contributed by atoms with Gasteiger partial charge in [-0.15, -0.1) is 0 Å². The van der Waals surface area contributed by atoms with Crippen molar-refractivity contribution >= 4 is 5.69 Å². The van der Waals surface area contributed by atoms with Gasteiger partial charge in [0.05, 0.1) is 4.92 Å². The van der Waals surface area contributed by atoms with Crippen LogP contribution in [-0.4, -0.2) is 4.92 Å². The molecule has 1 aromatic rings. The predicted octanol–water partition coefficient (Wildman–Crippen LogP) is 1.04. The largest absolute Gasteiger partial charge is 0.338 e. The number of nitro groups is 1. The summed E-state index contributed by atoms with van der Waals surface area (Å²) < 4.78 is 1.74. The number of hydrogen-bond donors (Lipinski definition) is 0. The lowest BCUT2D eigenvalue weighted by molar-refractivity contribution is -0.680. The Kier molecular flexibility index (Phi) is 2.08. The maximum Gasteiger partial charge on any atom is 0.338 e. The van der Waals surface area contributed by atoms with Crippen LogP contribution < -0.4 is 4.57 Å². The summed E-state index contributed by atoms with van der Waals surface area (Å²) in [5.74, 6) is 0. The SMILES string of the molecule is Cc1cc[n+](C)c(C)c1[N+](=O)[O-]. The first-order chi connectivity index (χ1) is 5.54. The molecule has 0 spiro atoms. The summed E-state index contributed by atoms with van der Waals surface area (Å²) in [7, 11) is 1.79. The fourth-order valence-electron chi connectivity index (χ4n) is 1.14. The number of pyridine rings is 1. The van der Waals surface area contributed by atoms with E-state index in [2.05, 4.69) is 0 Å². The molecule has 64 valence electrons. The summed E-state index contributed by atoms with van der Waals surface area (Å²) >= 11 is 0. The second-order valence-corrected chi connectivity index (χ2v) is 2.80. The minimum Gasteiger partial charge on any atom is -0.258 e.